The number of ether oxygens (including phenoxy) is 1. The highest BCUT2D eigenvalue weighted by Gasteiger charge is 2.35. The second-order valence-corrected chi connectivity index (χ2v) is 4.40. The molecule has 0 N–H and O–H groups in total. The fourth-order valence-electron chi connectivity index (χ4n) is 2.43. The molecule has 1 heterocycles. The third-order valence-electron chi connectivity index (χ3n) is 3.18. The number of hydrogen-bond acceptors (Lipinski definition) is 4. The molecular weight excluding hydrogens is 196 g/mol. The van der Waals surface area contributed by atoms with Gasteiger partial charge in [-0.2, -0.15) is 4.89 Å². The third kappa shape index (κ3) is 2.92. The first kappa shape index (κ1) is 10.9. The summed E-state index contributed by atoms with van der Waals surface area (Å²) in [4.78, 5) is 20.9. The van der Waals surface area contributed by atoms with Crippen molar-refractivity contribution in [2.75, 3.05) is 0 Å². The molecule has 0 amide bonds. The zero-order chi connectivity index (χ0) is 10.7. The van der Waals surface area contributed by atoms with Gasteiger partial charge in [0.15, 0.2) is 0 Å². The molecule has 2 unspecified atom stereocenters. The van der Waals surface area contributed by atoms with Crippen LogP contribution in [0.1, 0.15) is 45.4 Å². The van der Waals surface area contributed by atoms with Crippen LogP contribution in [0.3, 0.4) is 0 Å². The van der Waals surface area contributed by atoms with Gasteiger partial charge in [-0.25, -0.2) is 4.89 Å². The summed E-state index contributed by atoms with van der Waals surface area (Å²) in [5.74, 6) is 0.271. The van der Waals surface area contributed by atoms with Gasteiger partial charge in [-0.05, 0) is 18.8 Å². The summed E-state index contributed by atoms with van der Waals surface area (Å²) in [6, 6.07) is 0. The van der Waals surface area contributed by atoms with Crippen LogP contribution >= 0.6 is 0 Å². The number of hydrogen-bond donors (Lipinski definition) is 0. The van der Waals surface area contributed by atoms with E-state index >= 15 is 0 Å². The van der Waals surface area contributed by atoms with Crippen LogP contribution in [0.4, 0.5) is 0 Å². The quantitative estimate of drug-likeness (QED) is 0.522. The van der Waals surface area contributed by atoms with Crippen LogP contribution in [0.15, 0.2) is 0 Å². The van der Waals surface area contributed by atoms with Crippen molar-refractivity contribution >= 4 is 5.97 Å². The normalized spacial score (nSPS) is 32.9. The molecule has 15 heavy (non-hydrogen) atoms. The van der Waals surface area contributed by atoms with Crippen LogP contribution in [-0.2, 0) is 19.3 Å². The summed E-state index contributed by atoms with van der Waals surface area (Å²) in [5.41, 5.74) is 0. The zero-order valence-electron chi connectivity index (χ0n) is 9.11. The first-order chi connectivity index (χ1) is 7.25. The number of esters is 1. The molecule has 4 nitrogen and oxygen atoms in total. The lowest BCUT2D eigenvalue weighted by molar-refractivity contribution is -0.340. The predicted octanol–water partition coefficient (Wildman–Crippen LogP) is 2.18. The number of carbonyl (C=O) groups is 1. The molecule has 2 rings (SSSR count). The average Bonchev–Trinajstić information content (AvgIpc) is 2.67. The first-order valence-electron chi connectivity index (χ1n) is 5.75. The molecule has 1 saturated carbocycles. The van der Waals surface area contributed by atoms with E-state index in [2.05, 4.69) is 0 Å². The SMILES string of the molecule is CC(=O)OC1CC(C2CCCCC2)OO1. The van der Waals surface area contributed by atoms with Crippen molar-refractivity contribution in [2.45, 2.75) is 57.8 Å². The molecule has 2 aliphatic rings. The number of rotatable bonds is 2. The predicted molar refractivity (Wildman–Crippen MR) is 52.7 cm³/mol. The maximum absolute atomic E-state index is 10.7. The van der Waals surface area contributed by atoms with Crippen molar-refractivity contribution in [3.05, 3.63) is 0 Å². The Hall–Kier alpha value is -0.610. The highest BCUT2D eigenvalue weighted by molar-refractivity contribution is 5.66. The van der Waals surface area contributed by atoms with Crippen molar-refractivity contribution < 1.29 is 19.3 Å². The molecule has 0 bridgehead atoms. The monoisotopic (exact) mass is 214 g/mol. The third-order valence-corrected chi connectivity index (χ3v) is 3.18. The van der Waals surface area contributed by atoms with Crippen LogP contribution in [0, 0.1) is 5.92 Å². The van der Waals surface area contributed by atoms with Gasteiger partial charge >= 0.3 is 5.97 Å². The molecule has 1 aliphatic carbocycles. The van der Waals surface area contributed by atoms with Crippen molar-refractivity contribution in [3.63, 3.8) is 0 Å². The lowest BCUT2D eigenvalue weighted by atomic mass is 9.84. The van der Waals surface area contributed by atoms with Gasteiger partial charge in [0.1, 0.15) is 6.10 Å². The van der Waals surface area contributed by atoms with Crippen LogP contribution in [0.5, 0.6) is 0 Å². The summed E-state index contributed by atoms with van der Waals surface area (Å²) in [7, 11) is 0. The highest BCUT2D eigenvalue weighted by atomic mass is 17.2. The summed E-state index contributed by atoms with van der Waals surface area (Å²) < 4.78 is 4.95. The minimum Gasteiger partial charge on any atom is -0.433 e. The molecule has 1 saturated heterocycles. The molecular formula is C11H18O4. The van der Waals surface area contributed by atoms with E-state index in [1.54, 1.807) is 0 Å². The Morgan fingerprint density at radius 1 is 1.20 bits per heavy atom. The topological polar surface area (TPSA) is 44.8 Å². The Balaban J connectivity index is 1.78. The van der Waals surface area contributed by atoms with Gasteiger partial charge in [-0.1, -0.05) is 19.3 Å². The lowest BCUT2D eigenvalue weighted by Gasteiger charge is -2.24. The summed E-state index contributed by atoms with van der Waals surface area (Å²) in [6.45, 7) is 1.39. The molecule has 4 heteroatoms. The molecule has 0 radical (unpaired) electrons. The summed E-state index contributed by atoms with van der Waals surface area (Å²) >= 11 is 0. The fourth-order valence-corrected chi connectivity index (χ4v) is 2.43. The minimum absolute atomic E-state index is 0.120. The molecule has 0 aromatic rings. The Morgan fingerprint density at radius 2 is 1.93 bits per heavy atom. The molecule has 2 fully saturated rings. The zero-order valence-corrected chi connectivity index (χ0v) is 9.11. The van der Waals surface area contributed by atoms with E-state index in [0.29, 0.717) is 12.3 Å². The highest BCUT2D eigenvalue weighted by Crippen LogP contribution is 2.33. The van der Waals surface area contributed by atoms with E-state index in [4.69, 9.17) is 14.5 Å². The van der Waals surface area contributed by atoms with Crippen LogP contribution in [0.2, 0.25) is 0 Å². The van der Waals surface area contributed by atoms with Crippen LogP contribution < -0.4 is 0 Å². The van der Waals surface area contributed by atoms with Gasteiger partial charge in [0.05, 0.1) is 0 Å². The molecule has 0 aromatic heterocycles. The van der Waals surface area contributed by atoms with Gasteiger partial charge in [0, 0.05) is 13.3 Å². The van der Waals surface area contributed by atoms with E-state index in [0.717, 1.165) is 0 Å². The molecule has 0 spiro atoms. The lowest BCUT2D eigenvalue weighted by Crippen LogP contribution is -2.23. The van der Waals surface area contributed by atoms with Gasteiger partial charge in [0.2, 0.25) is 6.29 Å². The van der Waals surface area contributed by atoms with E-state index in [1.807, 2.05) is 0 Å². The standard InChI is InChI=1S/C11H18O4/c1-8(12)13-11-7-10(14-15-11)9-5-3-2-4-6-9/h9-11H,2-7H2,1H3. The second-order valence-electron chi connectivity index (χ2n) is 4.40. The van der Waals surface area contributed by atoms with E-state index in [1.165, 1.54) is 39.0 Å². The first-order valence-corrected chi connectivity index (χ1v) is 5.75. The Labute approximate surface area is 89.8 Å². The van der Waals surface area contributed by atoms with Gasteiger partial charge in [-0.15, -0.1) is 0 Å². The van der Waals surface area contributed by atoms with Crippen molar-refractivity contribution in [1.29, 1.82) is 0 Å². The summed E-state index contributed by atoms with van der Waals surface area (Å²) in [5, 5.41) is 0. The number of carbonyl (C=O) groups excluding carboxylic acids is 1. The Kier molecular flexibility index (Phi) is 3.59. The molecule has 86 valence electrons. The van der Waals surface area contributed by atoms with Crippen molar-refractivity contribution in [1.82, 2.24) is 0 Å². The molecule has 1 aliphatic heterocycles. The van der Waals surface area contributed by atoms with E-state index in [-0.39, 0.29) is 12.1 Å². The Morgan fingerprint density at radius 3 is 2.60 bits per heavy atom. The molecule has 0 aromatic carbocycles. The van der Waals surface area contributed by atoms with Gasteiger partial charge < -0.3 is 4.74 Å². The molecule has 2 atom stereocenters. The van der Waals surface area contributed by atoms with Crippen LogP contribution in [0.25, 0.3) is 0 Å². The fraction of sp³-hybridized carbons (Fsp3) is 0.909. The Bertz CT molecular complexity index is 223. The smallest absolute Gasteiger partial charge is 0.305 e. The maximum Gasteiger partial charge on any atom is 0.305 e. The van der Waals surface area contributed by atoms with Gasteiger partial charge in [0.25, 0.3) is 0 Å². The minimum atomic E-state index is -0.491. The maximum atomic E-state index is 10.7. The van der Waals surface area contributed by atoms with Crippen molar-refractivity contribution in [2.24, 2.45) is 5.92 Å². The van der Waals surface area contributed by atoms with Crippen molar-refractivity contribution in [3.8, 4) is 0 Å². The average molecular weight is 214 g/mol. The second kappa shape index (κ2) is 4.94. The largest absolute Gasteiger partial charge is 0.433 e. The van der Waals surface area contributed by atoms with Crippen LogP contribution in [-0.4, -0.2) is 18.4 Å². The summed E-state index contributed by atoms with van der Waals surface area (Å²) in [6.07, 6.45) is 6.62. The van der Waals surface area contributed by atoms with E-state index < -0.39 is 6.29 Å². The van der Waals surface area contributed by atoms with E-state index in [9.17, 15) is 4.79 Å². The van der Waals surface area contributed by atoms with Gasteiger partial charge in [-0.3, -0.25) is 4.79 Å².